The molecular weight excluding hydrogens is 363 g/mol. The van der Waals surface area contributed by atoms with E-state index < -0.39 is 11.7 Å². The summed E-state index contributed by atoms with van der Waals surface area (Å²) >= 11 is 0. The molecule has 0 unspecified atom stereocenters. The molecule has 2 heterocycles. The van der Waals surface area contributed by atoms with Gasteiger partial charge in [0.05, 0.1) is 5.56 Å². The van der Waals surface area contributed by atoms with Crippen molar-refractivity contribution in [2.45, 2.75) is 52.6 Å². The smallest absolute Gasteiger partial charge is 0.383 e. The lowest BCUT2D eigenvalue weighted by Gasteiger charge is -2.33. The number of aromatic nitrogens is 2. The number of hydrogen-bond acceptors (Lipinski definition) is 2. The minimum absolute atomic E-state index is 0.00391. The van der Waals surface area contributed by atoms with Crippen molar-refractivity contribution in [2.24, 2.45) is 5.41 Å². The predicted octanol–water partition coefficient (Wildman–Crippen LogP) is 6.32. The van der Waals surface area contributed by atoms with Crippen molar-refractivity contribution in [1.29, 1.82) is 0 Å². The van der Waals surface area contributed by atoms with E-state index in [1.165, 1.54) is 12.1 Å². The highest BCUT2D eigenvalue weighted by atomic mass is 19.4. The van der Waals surface area contributed by atoms with E-state index in [0.717, 1.165) is 18.2 Å². The van der Waals surface area contributed by atoms with Gasteiger partial charge in [-0.15, -0.1) is 0 Å². The summed E-state index contributed by atoms with van der Waals surface area (Å²) in [6, 6.07) is 11.0. The summed E-state index contributed by atoms with van der Waals surface area (Å²) in [6.07, 6.45) is -3.60. The Labute approximate surface area is 163 Å². The molecule has 0 saturated carbocycles. The van der Waals surface area contributed by atoms with Gasteiger partial charge in [0.25, 0.3) is 0 Å². The van der Waals surface area contributed by atoms with E-state index in [0.29, 0.717) is 5.65 Å². The Balaban J connectivity index is 2.25. The largest absolute Gasteiger partial charge is 0.417 e. The van der Waals surface area contributed by atoms with Gasteiger partial charge in [0.1, 0.15) is 17.2 Å². The molecule has 0 aliphatic rings. The zero-order chi connectivity index (χ0) is 20.9. The van der Waals surface area contributed by atoms with Gasteiger partial charge >= 0.3 is 6.18 Å². The molecule has 150 valence electrons. The molecule has 0 fully saturated rings. The summed E-state index contributed by atoms with van der Waals surface area (Å²) in [5.41, 5.74) is 7.11. The van der Waals surface area contributed by atoms with E-state index in [2.05, 4.69) is 39.6 Å². The van der Waals surface area contributed by atoms with Crippen LogP contribution in [0.3, 0.4) is 0 Å². The lowest BCUT2D eigenvalue weighted by molar-refractivity contribution is -0.137. The molecule has 0 amide bonds. The first kappa shape index (κ1) is 20.2. The Morgan fingerprint density at radius 3 is 2.18 bits per heavy atom. The number of imidazole rings is 1. The fourth-order valence-electron chi connectivity index (χ4n) is 4.20. The third-order valence-corrected chi connectivity index (χ3v) is 4.83. The Hall–Kier alpha value is -2.50. The number of benzene rings is 1. The van der Waals surface area contributed by atoms with Crippen molar-refractivity contribution in [3.8, 4) is 11.3 Å². The molecule has 3 nitrogen and oxygen atoms in total. The summed E-state index contributed by atoms with van der Waals surface area (Å²) in [5.74, 6) is 0.226. The number of alkyl halides is 3. The fraction of sp³-hybridized carbons (Fsp3) is 0.409. The number of rotatable bonds is 3. The first-order valence-electron chi connectivity index (χ1n) is 9.25. The molecule has 3 aromatic rings. The first-order valence-corrected chi connectivity index (χ1v) is 9.25. The SMILES string of the molecule is CC(C)(C)CC(C)(C)c1cccc2nc(-c3ccccc3C(F)(F)F)c(N)n12. The molecule has 0 radical (unpaired) electrons. The second kappa shape index (κ2) is 6.54. The second-order valence-corrected chi connectivity index (χ2v) is 9.11. The number of halogens is 3. The third-order valence-electron chi connectivity index (χ3n) is 4.83. The zero-order valence-electron chi connectivity index (χ0n) is 16.9. The molecule has 0 atom stereocenters. The minimum atomic E-state index is -4.48. The van der Waals surface area contributed by atoms with Crippen molar-refractivity contribution in [3.05, 3.63) is 53.7 Å². The highest BCUT2D eigenvalue weighted by Gasteiger charge is 2.35. The first-order chi connectivity index (χ1) is 12.8. The summed E-state index contributed by atoms with van der Waals surface area (Å²) in [5, 5.41) is 0. The Morgan fingerprint density at radius 2 is 1.57 bits per heavy atom. The van der Waals surface area contributed by atoms with Crippen LogP contribution < -0.4 is 5.73 Å². The van der Waals surface area contributed by atoms with Crippen molar-refractivity contribution in [2.75, 3.05) is 5.73 Å². The molecule has 6 heteroatoms. The lowest BCUT2D eigenvalue weighted by Crippen LogP contribution is -2.27. The van der Waals surface area contributed by atoms with Crippen LogP contribution in [0.25, 0.3) is 16.9 Å². The summed E-state index contributed by atoms with van der Waals surface area (Å²) in [4.78, 5) is 4.47. The van der Waals surface area contributed by atoms with Gasteiger partial charge in [0, 0.05) is 16.7 Å². The molecule has 1 aromatic carbocycles. The maximum atomic E-state index is 13.5. The molecule has 3 rings (SSSR count). The van der Waals surface area contributed by atoms with Crippen LogP contribution in [0.2, 0.25) is 0 Å². The van der Waals surface area contributed by atoms with E-state index in [4.69, 9.17) is 5.73 Å². The van der Waals surface area contributed by atoms with Crippen LogP contribution in [0.15, 0.2) is 42.5 Å². The normalized spacial score (nSPS) is 13.3. The molecule has 28 heavy (non-hydrogen) atoms. The molecule has 0 bridgehead atoms. The van der Waals surface area contributed by atoms with Crippen LogP contribution in [0.5, 0.6) is 0 Å². The van der Waals surface area contributed by atoms with Crippen molar-refractivity contribution in [1.82, 2.24) is 9.38 Å². The summed E-state index contributed by atoms with van der Waals surface area (Å²) < 4.78 is 42.3. The van der Waals surface area contributed by atoms with E-state index >= 15 is 0 Å². The van der Waals surface area contributed by atoms with Gasteiger partial charge in [-0.05, 0) is 30.0 Å². The van der Waals surface area contributed by atoms with Gasteiger partial charge in [-0.1, -0.05) is 58.9 Å². The number of hydrogen-bond donors (Lipinski definition) is 1. The van der Waals surface area contributed by atoms with Gasteiger partial charge in [-0.3, -0.25) is 4.40 Å². The Bertz CT molecular complexity index is 1010. The molecule has 0 saturated heterocycles. The van der Waals surface area contributed by atoms with E-state index in [1.807, 2.05) is 12.1 Å². The minimum Gasteiger partial charge on any atom is -0.383 e. The maximum absolute atomic E-state index is 13.5. The number of fused-ring (bicyclic) bond motifs is 1. The van der Waals surface area contributed by atoms with E-state index in [-0.39, 0.29) is 27.9 Å². The maximum Gasteiger partial charge on any atom is 0.417 e. The van der Waals surface area contributed by atoms with Crippen LogP contribution in [-0.2, 0) is 11.6 Å². The predicted molar refractivity (Wildman–Crippen MR) is 107 cm³/mol. The highest BCUT2D eigenvalue weighted by Crippen LogP contribution is 2.41. The third kappa shape index (κ3) is 3.73. The molecular formula is C22H26F3N3. The van der Waals surface area contributed by atoms with Gasteiger partial charge in [0.2, 0.25) is 0 Å². The average Bonchev–Trinajstić information content (AvgIpc) is 2.89. The van der Waals surface area contributed by atoms with Crippen LogP contribution in [0.4, 0.5) is 19.0 Å². The molecule has 0 aliphatic carbocycles. The Morgan fingerprint density at radius 1 is 0.929 bits per heavy atom. The van der Waals surface area contributed by atoms with Crippen LogP contribution in [-0.4, -0.2) is 9.38 Å². The fourth-order valence-corrected chi connectivity index (χ4v) is 4.20. The summed E-state index contributed by atoms with van der Waals surface area (Å²) in [7, 11) is 0. The summed E-state index contributed by atoms with van der Waals surface area (Å²) in [6.45, 7) is 10.7. The molecule has 0 spiro atoms. The zero-order valence-corrected chi connectivity index (χ0v) is 16.9. The average molecular weight is 389 g/mol. The van der Waals surface area contributed by atoms with E-state index in [1.54, 1.807) is 16.5 Å². The van der Waals surface area contributed by atoms with Crippen molar-refractivity contribution < 1.29 is 13.2 Å². The lowest BCUT2D eigenvalue weighted by atomic mass is 9.74. The van der Waals surface area contributed by atoms with Gasteiger partial charge in [-0.2, -0.15) is 13.2 Å². The van der Waals surface area contributed by atoms with Gasteiger partial charge in [-0.25, -0.2) is 4.98 Å². The highest BCUT2D eigenvalue weighted by molar-refractivity contribution is 5.78. The number of anilines is 1. The number of nitrogens with zero attached hydrogens (tertiary/aromatic N) is 2. The van der Waals surface area contributed by atoms with Crippen LogP contribution in [0.1, 0.15) is 52.3 Å². The number of nitrogens with two attached hydrogens (primary N) is 1. The van der Waals surface area contributed by atoms with Crippen LogP contribution in [0, 0.1) is 5.41 Å². The molecule has 0 aliphatic heterocycles. The van der Waals surface area contributed by atoms with E-state index in [9.17, 15) is 13.2 Å². The number of nitrogen functional groups attached to an aromatic ring is 1. The monoisotopic (exact) mass is 389 g/mol. The topological polar surface area (TPSA) is 43.3 Å². The quantitative estimate of drug-likeness (QED) is 0.570. The standard InChI is InChI=1S/C22H26F3N3/c1-20(2,3)13-21(4,5)16-11-8-12-17-27-18(19(26)28(16)17)14-9-6-7-10-15(14)22(23,24)25/h6-12H,13,26H2,1-5H3. The second-order valence-electron chi connectivity index (χ2n) is 9.11. The van der Waals surface area contributed by atoms with Crippen molar-refractivity contribution in [3.63, 3.8) is 0 Å². The van der Waals surface area contributed by atoms with Gasteiger partial charge < -0.3 is 5.73 Å². The number of pyridine rings is 1. The molecule has 2 N–H and O–H groups in total. The van der Waals surface area contributed by atoms with Gasteiger partial charge in [0.15, 0.2) is 0 Å². The Kier molecular flexibility index (Phi) is 4.72. The molecule has 2 aromatic heterocycles. The van der Waals surface area contributed by atoms with Crippen molar-refractivity contribution >= 4 is 11.5 Å². The van der Waals surface area contributed by atoms with Crippen LogP contribution >= 0.6 is 0 Å².